The number of nitrogens with one attached hydrogen (secondary N) is 1. The summed E-state index contributed by atoms with van der Waals surface area (Å²) in [5, 5.41) is 3.50. The molecule has 23 heavy (non-hydrogen) atoms. The van der Waals surface area contributed by atoms with E-state index in [0.717, 1.165) is 30.5 Å². The van der Waals surface area contributed by atoms with Gasteiger partial charge in [0.2, 0.25) is 0 Å². The first-order valence-electron chi connectivity index (χ1n) is 8.25. The number of hydrogen-bond acceptors (Lipinski definition) is 2. The van der Waals surface area contributed by atoms with Crippen LogP contribution in [0.4, 0.5) is 10.1 Å². The summed E-state index contributed by atoms with van der Waals surface area (Å²) in [5.74, 6) is 0.0125. The number of rotatable bonds is 4. The lowest BCUT2D eigenvalue weighted by molar-refractivity contribution is -0.125. The van der Waals surface area contributed by atoms with Gasteiger partial charge in [0.05, 0.1) is 6.04 Å². The fourth-order valence-electron chi connectivity index (χ4n) is 3.28. The van der Waals surface area contributed by atoms with E-state index in [1.807, 2.05) is 31.2 Å². The Morgan fingerprint density at radius 2 is 1.74 bits per heavy atom. The number of carbonyl (C=O) groups is 1. The van der Waals surface area contributed by atoms with Crippen LogP contribution >= 0.6 is 0 Å². The van der Waals surface area contributed by atoms with Gasteiger partial charge in [-0.25, -0.2) is 4.39 Å². The molecule has 0 saturated heterocycles. The zero-order chi connectivity index (χ0) is 16.2. The van der Waals surface area contributed by atoms with E-state index in [9.17, 15) is 9.18 Å². The maximum atomic E-state index is 13.3. The van der Waals surface area contributed by atoms with Crippen LogP contribution in [0.5, 0.6) is 0 Å². The highest BCUT2D eigenvalue weighted by molar-refractivity contribution is 5.83. The third-order valence-electron chi connectivity index (χ3n) is 4.61. The zero-order valence-electron chi connectivity index (χ0n) is 13.4. The summed E-state index contributed by atoms with van der Waals surface area (Å²) < 4.78 is 13.3. The van der Waals surface area contributed by atoms with Gasteiger partial charge in [0.25, 0.3) is 0 Å². The fraction of sp³-hybridized carbons (Fsp3) is 0.350. The van der Waals surface area contributed by atoms with Gasteiger partial charge < -0.3 is 5.32 Å². The van der Waals surface area contributed by atoms with Crippen LogP contribution in [0.1, 0.15) is 42.9 Å². The van der Waals surface area contributed by atoms with Crippen molar-refractivity contribution in [3.63, 3.8) is 0 Å². The van der Waals surface area contributed by atoms with Crippen molar-refractivity contribution < 1.29 is 9.18 Å². The summed E-state index contributed by atoms with van der Waals surface area (Å²) in [6, 6.07) is 14.5. The predicted molar refractivity (Wildman–Crippen MR) is 90.9 cm³/mol. The molecule has 1 fully saturated rings. The normalized spacial score (nSPS) is 19.4. The van der Waals surface area contributed by atoms with Crippen LogP contribution < -0.4 is 5.32 Å². The third-order valence-corrected chi connectivity index (χ3v) is 4.61. The first-order valence-corrected chi connectivity index (χ1v) is 8.25. The van der Waals surface area contributed by atoms with Crippen molar-refractivity contribution in [3.8, 4) is 0 Å². The molecule has 0 aliphatic heterocycles. The van der Waals surface area contributed by atoms with Crippen LogP contribution in [0.15, 0.2) is 48.5 Å². The van der Waals surface area contributed by atoms with Crippen LogP contribution in [0.3, 0.4) is 0 Å². The van der Waals surface area contributed by atoms with E-state index in [1.54, 1.807) is 12.1 Å². The Kier molecular flexibility index (Phi) is 4.75. The Bertz CT molecular complexity index is 663. The quantitative estimate of drug-likeness (QED) is 0.856. The average Bonchev–Trinajstić information content (AvgIpc) is 2.56. The van der Waals surface area contributed by atoms with Gasteiger partial charge in [0, 0.05) is 18.0 Å². The molecule has 0 unspecified atom stereocenters. The Morgan fingerprint density at radius 3 is 2.39 bits per heavy atom. The number of Topliss-reactive ketones (excluding diaryl/α,β-unsaturated/α-hetero) is 1. The molecule has 0 radical (unpaired) electrons. The van der Waals surface area contributed by atoms with Crippen molar-refractivity contribution in [1.82, 2.24) is 0 Å². The minimum Gasteiger partial charge on any atom is -0.378 e. The maximum absolute atomic E-state index is 13.3. The van der Waals surface area contributed by atoms with Crippen LogP contribution in [-0.2, 0) is 4.79 Å². The van der Waals surface area contributed by atoms with Crippen LogP contribution in [-0.4, -0.2) is 5.78 Å². The van der Waals surface area contributed by atoms with Gasteiger partial charge >= 0.3 is 0 Å². The topological polar surface area (TPSA) is 29.1 Å². The van der Waals surface area contributed by atoms with E-state index in [-0.39, 0.29) is 17.8 Å². The van der Waals surface area contributed by atoms with Crippen molar-refractivity contribution in [2.75, 3.05) is 5.32 Å². The lowest BCUT2D eigenvalue weighted by Gasteiger charge is -2.31. The molecular formula is C20H22FNO. The predicted octanol–water partition coefficient (Wildman–Crippen LogP) is 5.05. The van der Waals surface area contributed by atoms with Gasteiger partial charge in [0.15, 0.2) is 0 Å². The summed E-state index contributed by atoms with van der Waals surface area (Å²) in [6.07, 6.45) is 3.59. The molecule has 1 aliphatic carbocycles. The Balaban J connectivity index is 1.90. The van der Waals surface area contributed by atoms with Crippen molar-refractivity contribution >= 4 is 11.5 Å². The fourth-order valence-corrected chi connectivity index (χ4v) is 3.28. The first-order chi connectivity index (χ1) is 11.1. The highest BCUT2D eigenvalue weighted by atomic mass is 19.1. The van der Waals surface area contributed by atoms with Gasteiger partial charge in [-0.1, -0.05) is 36.2 Å². The van der Waals surface area contributed by atoms with Gasteiger partial charge in [0.1, 0.15) is 11.6 Å². The van der Waals surface area contributed by atoms with E-state index in [4.69, 9.17) is 0 Å². The highest BCUT2D eigenvalue weighted by Crippen LogP contribution is 2.35. The molecule has 2 atom stereocenters. The number of halogens is 1. The molecular weight excluding hydrogens is 289 g/mol. The minimum absolute atomic E-state index is 0.0458. The van der Waals surface area contributed by atoms with Crippen molar-refractivity contribution in [2.45, 2.75) is 38.6 Å². The molecule has 3 heteroatoms. The summed E-state index contributed by atoms with van der Waals surface area (Å²) >= 11 is 0. The number of aryl methyl sites for hydroxylation is 1. The van der Waals surface area contributed by atoms with Gasteiger partial charge in [-0.2, -0.15) is 0 Å². The second-order valence-corrected chi connectivity index (χ2v) is 6.36. The minimum atomic E-state index is -0.252. The highest BCUT2D eigenvalue weighted by Gasteiger charge is 2.31. The van der Waals surface area contributed by atoms with E-state index in [2.05, 4.69) is 5.32 Å². The van der Waals surface area contributed by atoms with E-state index in [0.29, 0.717) is 12.2 Å². The zero-order valence-corrected chi connectivity index (χ0v) is 13.4. The van der Waals surface area contributed by atoms with E-state index in [1.165, 1.54) is 17.7 Å². The number of carbonyl (C=O) groups excluding carboxylic acids is 1. The second kappa shape index (κ2) is 6.95. The summed E-state index contributed by atoms with van der Waals surface area (Å²) in [6.45, 7) is 2.05. The second-order valence-electron chi connectivity index (χ2n) is 6.36. The smallest absolute Gasteiger partial charge is 0.138 e. The Morgan fingerprint density at radius 1 is 1.04 bits per heavy atom. The Labute approximate surface area is 136 Å². The molecule has 0 heterocycles. The molecule has 3 rings (SSSR count). The summed E-state index contributed by atoms with van der Waals surface area (Å²) in [5.41, 5.74) is 3.15. The maximum Gasteiger partial charge on any atom is 0.138 e. The molecule has 2 nitrogen and oxygen atoms in total. The monoisotopic (exact) mass is 311 g/mol. The molecule has 2 aromatic carbocycles. The van der Waals surface area contributed by atoms with Gasteiger partial charge in [-0.05, 0) is 49.6 Å². The van der Waals surface area contributed by atoms with E-state index >= 15 is 0 Å². The molecule has 1 N–H and O–H groups in total. The van der Waals surface area contributed by atoms with Crippen LogP contribution in [0.25, 0.3) is 0 Å². The molecule has 0 bridgehead atoms. The van der Waals surface area contributed by atoms with Crippen molar-refractivity contribution in [3.05, 3.63) is 65.5 Å². The number of anilines is 1. The lowest BCUT2D eigenvalue weighted by Crippen LogP contribution is -2.30. The third kappa shape index (κ3) is 3.79. The van der Waals surface area contributed by atoms with Gasteiger partial charge in [-0.15, -0.1) is 0 Å². The molecule has 2 aromatic rings. The van der Waals surface area contributed by atoms with Crippen LogP contribution in [0, 0.1) is 18.7 Å². The lowest BCUT2D eigenvalue weighted by atomic mass is 9.80. The first kappa shape index (κ1) is 15.7. The molecule has 120 valence electrons. The molecule has 0 spiro atoms. The largest absolute Gasteiger partial charge is 0.378 e. The van der Waals surface area contributed by atoms with E-state index < -0.39 is 0 Å². The average molecular weight is 311 g/mol. The molecule has 1 saturated carbocycles. The SMILES string of the molecule is Cc1ccc(N[C@H](c2ccc(F)cc2)[C@@H]2CCCCC2=O)cc1. The van der Waals surface area contributed by atoms with Crippen molar-refractivity contribution in [2.24, 2.45) is 5.92 Å². The Hall–Kier alpha value is -2.16. The molecule has 0 amide bonds. The molecule has 0 aromatic heterocycles. The molecule has 1 aliphatic rings. The van der Waals surface area contributed by atoms with Crippen molar-refractivity contribution in [1.29, 1.82) is 0 Å². The summed E-state index contributed by atoms with van der Waals surface area (Å²) in [4.78, 5) is 12.4. The van der Waals surface area contributed by atoms with Gasteiger partial charge in [-0.3, -0.25) is 4.79 Å². The number of hydrogen-bond donors (Lipinski definition) is 1. The number of benzene rings is 2. The van der Waals surface area contributed by atoms with Crippen LogP contribution in [0.2, 0.25) is 0 Å². The number of ketones is 1. The summed E-state index contributed by atoms with van der Waals surface area (Å²) in [7, 11) is 0. The standard InChI is InChI=1S/C20H22FNO/c1-14-6-12-17(13-7-14)22-20(15-8-10-16(21)11-9-15)18-4-2-3-5-19(18)23/h6-13,18,20,22H,2-5H2,1H3/t18-,20-/m1/s1.